The summed E-state index contributed by atoms with van der Waals surface area (Å²) < 4.78 is 38.8. The van der Waals surface area contributed by atoms with Crippen LogP contribution in [0.5, 0.6) is 0 Å². The van der Waals surface area contributed by atoms with Crippen molar-refractivity contribution in [2.75, 3.05) is 11.9 Å². The molecule has 9 nitrogen and oxygen atoms in total. The van der Waals surface area contributed by atoms with E-state index >= 15 is 0 Å². The number of hydrogen-bond donors (Lipinski definition) is 3. The monoisotopic (exact) mass is 475 g/mol. The molecule has 29 heavy (non-hydrogen) atoms. The summed E-state index contributed by atoms with van der Waals surface area (Å²) in [7, 11) is 0. The van der Waals surface area contributed by atoms with Gasteiger partial charge in [-0.05, 0) is 21.5 Å². The van der Waals surface area contributed by atoms with E-state index in [1.54, 1.807) is 30.3 Å². The van der Waals surface area contributed by atoms with Gasteiger partial charge in [0.05, 0.1) is 11.1 Å². The van der Waals surface area contributed by atoms with Gasteiger partial charge in [0.25, 0.3) is 0 Å². The van der Waals surface area contributed by atoms with Crippen molar-refractivity contribution in [1.82, 2.24) is 9.55 Å². The predicted molar refractivity (Wildman–Crippen MR) is 98.4 cm³/mol. The van der Waals surface area contributed by atoms with Crippen LogP contribution in [0.1, 0.15) is 11.8 Å². The number of amides is 1. The Morgan fingerprint density at radius 3 is 2.69 bits per heavy atom. The number of benzene rings is 1. The van der Waals surface area contributed by atoms with E-state index in [1.165, 1.54) is 0 Å². The Morgan fingerprint density at radius 2 is 2.07 bits per heavy atom. The van der Waals surface area contributed by atoms with Gasteiger partial charge in [0.1, 0.15) is 12.7 Å². The molecular weight excluding hydrogens is 460 g/mol. The summed E-state index contributed by atoms with van der Waals surface area (Å²) in [5.74, 6) is -4.09. The van der Waals surface area contributed by atoms with Crippen molar-refractivity contribution in [1.29, 1.82) is 0 Å². The van der Waals surface area contributed by atoms with Crippen LogP contribution in [0.4, 0.5) is 19.4 Å². The van der Waals surface area contributed by atoms with Gasteiger partial charge in [-0.25, -0.2) is 9.59 Å². The van der Waals surface area contributed by atoms with Crippen LogP contribution in [0.25, 0.3) is 0 Å². The maximum atomic E-state index is 14.2. The van der Waals surface area contributed by atoms with Crippen molar-refractivity contribution in [3.63, 3.8) is 0 Å². The maximum absolute atomic E-state index is 14.2. The molecule has 3 rings (SSSR count). The van der Waals surface area contributed by atoms with Gasteiger partial charge < -0.3 is 19.7 Å². The van der Waals surface area contributed by atoms with Crippen LogP contribution in [-0.4, -0.2) is 50.6 Å². The van der Waals surface area contributed by atoms with E-state index in [0.717, 1.165) is 11.8 Å². The number of aliphatic hydroxyl groups is 2. The molecule has 2 aromatic rings. The molecule has 156 valence electrons. The van der Waals surface area contributed by atoms with Crippen LogP contribution in [0.15, 0.2) is 45.8 Å². The lowest BCUT2D eigenvalue weighted by molar-refractivity contribution is -0.141. The van der Waals surface area contributed by atoms with Crippen LogP contribution >= 0.6 is 15.9 Å². The third-order valence-corrected chi connectivity index (χ3v) is 4.73. The number of halogens is 3. The highest BCUT2D eigenvalue weighted by Gasteiger charge is 2.59. The molecule has 0 bridgehead atoms. The zero-order valence-corrected chi connectivity index (χ0v) is 16.3. The summed E-state index contributed by atoms with van der Waals surface area (Å²) in [5.41, 5.74) is -0.426. The molecule has 1 fully saturated rings. The minimum atomic E-state index is -3.85. The number of hydrogen-bond acceptors (Lipinski definition) is 7. The van der Waals surface area contributed by atoms with Crippen LogP contribution in [0, 0.1) is 0 Å². The molecule has 1 aromatic heterocycles. The first-order valence-corrected chi connectivity index (χ1v) is 9.12. The number of nitrogens with one attached hydrogen (secondary N) is 1. The Kier molecular flexibility index (Phi) is 6.27. The first kappa shape index (κ1) is 21.3. The van der Waals surface area contributed by atoms with Crippen LogP contribution in [-0.2, 0) is 16.1 Å². The molecule has 1 amide bonds. The van der Waals surface area contributed by atoms with Crippen molar-refractivity contribution < 1.29 is 33.3 Å². The van der Waals surface area contributed by atoms with E-state index in [-0.39, 0.29) is 16.9 Å². The number of ether oxygens (including phenoxy) is 2. The largest absolute Gasteiger partial charge is 0.444 e. The van der Waals surface area contributed by atoms with Crippen molar-refractivity contribution in [2.24, 2.45) is 0 Å². The number of carbonyl (C=O) groups excluding carboxylic acids is 1. The molecular formula is C17H16BrF2N3O6. The van der Waals surface area contributed by atoms with E-state index in [0.29, 0.717) is 4.57 Å². The van der Waals surface area contributed by atoms with E-state index in [4.69, 9.17) is 14.6 Å². The quantitative estimate of drug-likeness (QED) is 0.600. The molecule has 3 atom stereocenters. The zero-order chi connectivity index (χ0) is 21.2. The van der Waals surface area contributed by atoms with E-state index in [1.807, 2.05) is 0 Å². The number of aromatic nitrogens is 2. The summed E-state index contributed by atoms with van der Waals surface area (Å²) in [6.45, 7) is -0.882. The van der Waals surface area contributed by atoms with Gasteiger partial charge in [0, 0.05) is 6.20 Å². The van der Waals surface area contributed by atoms with Crippen molar-refractivity contribution in [3.05, 3.63) is 57.0 Å². The van der Waals surface area contributed by atoms with Crippen LogP contribution in [0.3, 0.4) is 0 Å². The van der Waals surface area contributed by atoms with Gasteiger partial charge in [-0.15, -0.1) is 0 Å². The second-order valence-electron chi connectivity index (χ2n) is 6.14. The molecule has 1 saturated heterocycles. The Labute approximate surface area is 171 Å². The number of anilines is 1. The average molecular weight is 476 g/mol. The first-order valence-electron chi connectivity index (χ1n) is 8.32. The molecule has 12 heteroatoms. The predicted octanol–water partition coefficient (Wildman–Crippen LogP) is 1.64. The van der Waals surface area contributed by atoms with E-state index < -0.39 is 42.7 Å². The average Bonchev–Trinajstić information content (AvgIpc) is 2.93. The summed E-state index contributed by atoms with van der Waals surface area (Å²) in [6, 6.07) is 8.84. The molecule has 1 aromatic carbocycles. The minimum Gasteiger partial charge on any atom is -0.444 e. The summed E-state index contributed by atoms with van der Waals surface area (Å²) in [4.78, 5) is 27.7. The smallest absolute Gasteiger partial charge is 0.413 e. The molecule has 2 heterocycles. The number of aliphatic hydroxyl groups excluding tert-OH is 2. The molecule has 1 aliphatic rings. The van der Waals surface area contributed by atoms with Gasteiger partial charge in [-0.1, -0.05) is 30.3 Å². The molecule has 0 unspecified atom stereocenters. The minimum absolute atomic E-state index is 0.00454. The van der Waals surface area contributed by atoms with Gasteiger partial charge in [-0.2, -0.15) is 13.8 Å². The highest BCUT2D eigenvalue weighted by atomic mass is 79.9. The van der Waals surface area contributed by atoms with Gasteiger partial charge in [0.15, 0.2) is 11.9 Å². The topological polar surface area (TPSA) is 123 Å². The Hall–Kier alpha value is -2.41. The number of carbonyl (C=O) groups is 1. The third kappa shape index (κ3) is 4.45. The third-order valence-electron chi connectivity index (χ3n) is 4.15. The highest BCUT2D eigenvalue weighted by molar-refractivity contribution is 9.10. The number of alkyl halides is 2. The van der Waals surface area contributed by atoms with Crippen LogP contribution in [0.2, 0.25) is 0 Å². The summed E-state index contributed by atoms with van der Waals surface area (Å²) in [5, 5.41) is 20.9. The Balaban J connectivity index is 1.74. The Bertz CT molecular complexity index is 943. The fourth-order valence-corrected chi connectivity index (χ4v) is 3.08. The fraction of sp³-hybridized carbons (Fsp3) is 0.353. The maximum Gasteiger partial charge on any atom is 0.413 e. The highest BCUT2D eigenvalue weighted by Crippen LogP contribution is 2.42. The van der Waals surface area contributed by atoms with E-state index in [2.05, 4.69) is 26.2 Å². The van der Waals surface area contributed by atoms with Crippen molar-refractivity contribution >= 4 is 27.8 Å². The molecule has 0 aliphatic carbocycles. The van der Waals surface area contributed by atoms with Crippen LogP contribution < -0.4 is 11.0 Å². The normalized spacial score (nSPS) is 23.0. The number of nitrogens with zero attached hydrogens (tertiary/aromatic N) is 2. The molecule has 0 saturated carbocycles. The standard InChI is InChI=1S/C17H16BrF2N3O6/c18-10-6-23(14-17(19,20)12(25)11(7-24)29-14)15(26)21-13(10)22-16(27)28-8-9-4-2-1-3-5-9/h1-6,11-12,14,24-25H,7-8H2,(H,21,22,26,27)/t11-,12-,14-/m1/s1. The van der Waals surface area contributed by atoms with Crippen molar-refractivity contribution in [3.8, 4) is 0 Å². The van der Waals surface area contributed by atoms with Crippen molar-refractivity contribution in [2.45, 2.75) is 31.0 Å². The molecule has 0 radical (unpaired) electrons. The first-order chi connectivity index (χ1) is 13.7. The van der Waals surface area contributed by atoms with E-state index in [9.17, 15) is 23.5 Å². The summed E-state index contributed by atoms with van der Waals surface area (Å²) >= 11 is 3.03. The molecule has 0 spiro atoms. The summed E-state index contributed by atoms with van der Waals surface area (Å²) in [6.07, 6.45) is -6.00. The lowest BCUT2D eigenvalue weighted by Crippen LogP contribution is -2.42. The Morgan fingerprint density at radius 1 is 1.38 bits per heavy atom. The molecule has 1 aliphatic heterocycles. The lowest BCUT2D eigenvalue weighted by Gasteiger charge is -2.21. The number of rotatable bonds is 5. The second-order valence-corrected chi connectivity index (χ2v) is 7.00. The molecule has 3 N–H and O–H groups in total. The lowest BCUT2D eigenvalue weighted by atomic mass is 10.1. The van der Waals surface area contributed by atoms with Gasteiger partial charge in [0.2, 0.25) is 6.23 Å². The second kappa shape index (κ2) is 8.53. The SMILES string of the molecule is O=C(Nc1nc(=O)n([C@@H]2O[C@H](CO)[C@@H](O)C2(F)F)cc1Br)OCc1ccccc1. The van der Waals surface area contributed by atoms with Gasteiger partial charge >= 0.3 is 17.7 Å². The fourth-order valence-electron chi connectivity index (χ4n) is 2.68. The zero-order valence-electron chi connectivity index (χ0n) is 14.7. The van der Waals surface area contributed by atoms with Gasteiger partial charge in [-0.3, -0.25) is 9.88 Å².